The predicted molar refractivity (Wildman–Crippen MR) is 74.1 cm³/mol. The van der Waals surface area contributed by atoms with E-state index in [0.717, 1.165) is 0 Å². The molecule has 0 aliphatic carbocycles. The highest BCUT2D eigenvalue weighted by Gasteiger charge is 2.32. The molecule has 1 aliphatic heterocycles. The quantitative estimate of drug-likeness (QED) is 0.631. The third-order valence-electron chi connectivity index (χ3n) is 3.27. The summed E-state index contributed by atoms with van der Waals surface area (Å²) in [6.07, 6.45) is 1.29. The number of aliphatic hydroxyl groups excluding tert-OH is 1. The first-order chi connectivity index (χ1) is 9.40. The zero-order chi connectivity index (χ0) is 15.2. The van der Waals surface area contributed by atoms with Crippen LogP contribution in [0, 0.1) is 11.8 Å². The third-order valence-corrected chi connectivity index (χ3v) is 4.81. The summed E-state index contributed by atoms with van der Waals surface area (Å²) >= 11 is 0. The van der Waals surface area contributed by atoms with Crippen LogP contribution in [0.2, 0.25) is 0 Å². The van der Waals surface area contributed by atoms with Gasteiger partial charge in [0.05, 0.1) is 12.5 Å². The van der Waals surface area contributed by atoms with Crippen molar-refractivity contribution in [1.29, 1.82) is 0 Å². The van der Waals surface area contributed by atoms with Crippen LogP contribution in [0.15, 0.2) is 0 Å². The standard InChI is InChI=1S/C12H24N2O5S/c1-3-19-12(16)11-5-4-6-14(8-11)20(17,18)13-7-10(2)9-15/h10-11,13,15H,3-9H2,1-2H3. The molecule has 118 valence electrons. The Morgan fingerprint density at radius 1 is 1.55 bits per heavy atom. The molecule has 2 N–H and O–H groups in total. The smallest absolute Gasteiger partial charge is 0.310 e. The van der Waals surface area contributed by atoms with Crippen LogP contribution in [0.25, 0.3) is 0 Å². The molecule has 0 radical (unpaired) electrons. The first kappa shape index (κ1) is 17.4. The Morgan fingerprint density at radius 3 is 2.85 bits per heavy atom. The summed E-state index contributed by atoms with van der Waals surface area (Å²) in [6.45, 7) is 4.44. The van der Waals surface area contributed by atoms with Gasteiger partial charge >= 0.3 is 5.97 Å². The van der Waals surface area contributed by atoms with E-state index in [1.54, 1.807) is 13.8 Å². The van der Waals surface area contributed by atoms with Crippen molar-refractivity contribution in [2.75, 3.05) is 32.8 Å². The minimum absolute atomic E-state index is 0.0754. The van der Waals surface area contributed by atoms with Crippen LogP contribution in [-0.4, -0.2) is 56.6 Å². The van der Waals surface area contributed by atoms with Crippen LogP contribution in [0.3, 0.4) is 0 Å². The van der Waals surface area contributed by atoms with Crippen LogP contribution in [0.5, 0.6) is 0 Å². The summed E-state index contributed by atoms with van der Waals surface area (Å²) in [5.74, 6) is -0.873. The van der Waals surface area contributed by atoms with Crippen LogP contribution in [-0.2, 0) is 19.7 Å². The van der Waals surface area contributed by atoms with E-state index in [1.807, 2.05) is 0 Å². The van der Waals surface area contributed by atoms with Crippen molar-refractivity contribution in [3.8, 4) is 0 Å². The van der Waals surface area contributed by atoms with Gasteiger partial charge in [-0.25, -0.2) is 4.72 Å². The van der Waals surface area contributed by atoms with Gasteiger partial charge in [0.1, 0.15) is 0 Å². The van der Waals surface area contributed by atoms with Crippen molar-refractivity contribution in [2.45, 2.75) is 26.7 Å². The van der Waals surface area contributed by atoms with Crippen LogP contribution in [0.4, 0.5) is 0 Å². The van der Waals surface area contributed by atoms with Gasteiger partial charge in [-0.2, -0.15) is 12.7 Å². The van der Waals surface area contributed by atoms with Gasteiger partial charge < -0.3 is 9.84 Å². The summed E-state index contributed by atoms with van der Waals surface area (Å²) in [6, 6.07) is 0. The number of rotatable bonds is 7. The highest BCUT2D eigenvalue weighted by Crippen LogP contribution is 2.19. The number of esters is 1. The average molecular weight is 308 g/mol. The molecule has 0 aromatic carbocycles. The van der Waals surface area contributed by atoms with E-state index in [4.69, 9.17) is 9.84 Å². The molecule has 8 heteroatoms. The van der Waals surface area contributed by atoms with E-state index in [-0.39, 0.29) is 31.6 Å². The Kier molecular flexibility index (Phi) is 6.87. The normalized spacial score (nSPS) is 22.4. The molecule has 1 heterocycles. The van der Waals surface area contributed by atoms with Gasteiger partial charge in [-0.3, -0.25) is 4.79 Å². The maximum absolute atomic E-state index is 12.1. The van der Waals surface area contributed by atoms with Crippen LogP contribution < -0.4 is 4.72 Å². The zero-order valence-corrected chi connectivity index (χ0v) is 12.9. The lowest BCUT2D eigenvalue weighted by atomic mass is 10.0. The van der Waals surface area contributed by atoms with Crippen molar-refractivity contribution in [1.82, 2.24) is 9.03 Å². The van der Waals surface area contributed by atoms with Gasteiger partial charge in [-0.1, -0.05) is 6.92 Å². The monoisotopic (exact) mass is 308 g/mol. The number of piperidine rings is 1. The molecule has 2 unspecified atom stereocenters. The lowest BCUT2D eigenvalue weighted by Crippen LogP contribution is -2.48. The fraction of sp³-hybridized carbons (Fsp3) is 0.917. The van der Waals surface area contributed by atoms with Gasteiger partial charge in [0.15, 0.2) is 0 Å². The number of hydrogen-bond acceptors (Lipinski definition) is 5. The van der Waals surface area contributed by atoms with E-state index in [9.17, 15) is 13.2 Å². The second kappa shape index (κ2) is 7.92. The second-order valence-electron chi connectivity index (χ2n) is 5.09. The van der Waals surface area contributed by atoms with Crippen molar-refractivity contribution >= 4 is 16.2 Å². The molecular weight excluding hydrogens is 284 g/mol. The SMILES string of the molecule is CCOC(=O)C1CCCN(S(=O)(=O)NCC(C)CO)C1. The Hall–Kier alpha value is -0.700. The maximum atomic E-state index is 12.1. The molecule has 0 aromatic heterocycles. The number of hydrogen-bond donors (Lipinski definition) is 2. The molecular formula is C12H24N2O5S. The van der Waals surface area contributed by atoms with E-state index in [0.29, 0.717) is 26.0 Å². The summed E-state index contributed by atoms with van der Waals surface area (Å²) in [7, 11) is -3.61. The highest BCUT2D eigenvalue weighted by atomic mass is 32.2. The fourth-order valence-electron chi connectivity index (χ4n) is 2.02. The maximum Gasteiger partial charge on any atom is 0.310 e. The molecule has 1 rings (SSSR count). The van der Waals surface area contributed by atoms with E-state index in [2.05, 4.69) is 4.72 Å². The fourth-order valence-corrected chi connectivity index (χ4v) is 3.44. The van der Waals surface area contributed by atoms with Gasteiger partial charge in [-0.15, -0.1) is 0 Å². The summed E-state index contributed by atoms with van der Waals surface area (Å²) < 4.78 is 32.9. The van der Waals surface area contributed by atoms with Gasteiger partial charge in [0, 0.05) is 26.2 Å². The van der Waals surface area contributed by atoms with E-state index in [1.165, 1.54) is 4.31 Å². The molecule has 0 amide bonds. The third kappa shape index (κ3) is 5.01. The molecule has 0 spiro atoms. The lowest BCUT2D eigenvalue weighted by molar-refractivity contribution is -0.149. The minimum atomic E-state index is -3.61. The first-order valence-electron chi connectivity index (χ1n) is 6.93. The molecule has 1 aliphatic rings. The Bertz CT molecular complexity index is 412. The molecule has 1 saturated heterocycles. The van der Waals surface area contributed by atoms with Gasteiger partial charge in [0.25, 0.3) is 10.2 Å². The average Bonchev–Trinajstić information content (AvgIpc) is 2.45. The second-order valence-corrected chi connectivity index (χ2v) is 6.85. The van der Waals surface area contributed by atoms with Crippen molar-refractivity contribution in [3.63, 3.8) is 0 Å². The number of nitrogens with one attached hydrogen (secondary N) is 1. The first-order valence-corrected chi connectivity index (χ1v) is 8.37. The molecule has 0 aromatic rings. The van der Waals surface area contributed by atoms with Crippen LogP contribution >= 0.6 is 0 Å². The predicted octanol–water partition coefficient (Wildman–Crippen LogP) is -0.276. The Labute approximate surface area is 120 Å². The number of carbonyl (C=O) groups is 1. The minimum Gasteiger partial charge on any atom is -0.466 e. The molecule has 1 fully saturated rings. The van der Waals surface area contributed by atoms with Crippen molar-refractivity contribution in [3.05, 3.63) is 0 Å². The molecule has 0 bridgehead atoms. The number of carbonyl (C=O) groups excluding carboxylic acids is 1. The molecule has 2 atom stereocenters. The number of ether oxygens (including phenoxy) is 1. The van der Waals surface area contributed by atoms with Crippen LogP contribution in [0.1, 0.15) is 26.7 Å². The molecule has 20 heavy (non-hydrogen) atoms. The van der Waals surface area contributed by atoms with Gasteiger partial charge in [0.2, 0.25) is 0 Å². The Balaban J connectivity index is 2.59. The van der Waals surface area contributed by atoms with Gasteiger partial charge in [-0.05, 0) is 25.7 Å². The van der Waals surface area contributed by atoms with Crippen molar-refractivity contribution < 1.29 is 23.1 Å². The van der Waals surface area contributed by atoms with E-state index < -0.39 is 16.1 Å². The molecule has 0 saturated carbocycles. The number of aliphatic hydroxyl groups is 1. The van der Waals surface area contributed by atoms with Crippen molar-refractivity contribution in [2.24, 2.45) is 11.8 Å². The summed E-state index contributed by atoms with van der Waals surface area (Å²) in [5.41, 5.74) is 0. The number of nitrogens with zero attached hydrogens (tertiary/aromatic N) is 1. The Morgan fingerprint density at radius 2 is 2.25 bits per heavy atom. The highest BCUT2D eigenvalue weighted by molar-refractivity contribution is 7.87. The molecule has 7 nitrogen and oxygen atoms in total. The summed E-state index contributed by atoms with van der Waals surface area (Å²) in [5, 5.41) is 8.91. The van der Waals surface area contributed by atoms with E-state index >= 15 is 0 Å². The largest absolute Gasteiger partial charge is 0.466 e. The summed E-state index contributed by atoms with van der Waals surface area (Å²) in [4.78, 5) is 11.7. The lowest BCUT2D eigenvalue weighted by Gasteiger charge is -2.30. The topological polar surface area (TPSA) is 95.9 Å². The zero-order valence-electron chi connectivity index (χ0n) is 12.0.